The summed E-state index contributed by atoms with van der Waals surface area (Å²) in [4.78, 5) is 12.1. The monoisotopic (exact) mass is 228 g/mol. The maximum Gasteiger partial charge on any atom is 0.162 e. The molecule has 1 heterocycles. The van der Waals surface area contributed by atoms with Gasteiger partial charge in [0, 0.05) is 17.8 Å². The number of hydrogen-bond donors (Lipinski definition) is 0. The molecule has 2 aliphatic carbocycles. The zero-order chi connectivity index (χ0) is 12.2. The molecule has 0 radical (unpaired) electrons. The average Bonchev–Trinajstić information content (AvgIpc) is 2.64. The Morgan fingerprint density at radius 3 is 3.00 bits per heavy atom. The van der Waals surface area contributed by atoms with Gasteiger partial charge in [-0.25, -0.2) is 0 Å². The summed E-state index contributed by atoms with van der Waals surface area (Å²) in [6.45, 7) is 8.20. The van der Waals surface area contributed by atoms with Crippen molar-refractivity contribution in [3.63, 3.8) is 0 Å². The predicted molar refractivity (Wildman–Crippen MR) is 65.7 cm³/mol. The number of ketones is 1. The number of hydrogen-bond acceptors (Lipinski definition) is 2. The fourth-order valence-electron chi connectivity index (χ4n) is 3.12. The van der Waals surface area contributed by atoms with E-state index in [1.807, 2.05) is 13.0 Å². The van der Waals surface area contributed by atoms with Crippen LogP contribution in [0.2, 0.25) is 0 Å². The SMILES string of the molecule is C=C1C=CC(=O)[C@]2(C)Cc3occ(C)c3C[C@@H]12. The molecule has 0 amide bonds. The van der Waals surface area contributed by atoms with Crippen molar-refractivity contribution >= 4 is 5.78 Å². The van der Waals surface area contributed by atoms with Crippen LogP contribution in [0.1, 0.15) is 23.8 Å². The first kappa shape index (κ1) is 10.6. The van der Waals surface area contributed by atoms with Crippen molar-refractivity contribution in [2.75, 3.05) is 0 Å². The van der Waals surface area contributed by atoms with E-state index >= 15 is 0 Å². The Morgan fingerprint density at radius 2 is 2.24 bits per heavy atom. The van der Waals surface area contributed by atoms with Crippen LogP contribution < -0.4 is 0 Å². The van der Waals surface area contributed by atoms with Crippen molar-refractivity contribution in [1.82, 2.24) is 0 Å². The highest BCUT2D eigenvalue weighted by molar-refractivity contribution is 5.97. The Bertz CT molecular complexity index is 547. The highest BCUT2D eigenvalue weighted by Crippen LogP contribution is 2.47. The molecule has 0 N–H and O–H groups in total. The molecule has 0 bridgehead atoms. The number of carbonyl (C=O) groups excluding carboxylic acids is 1. The zero-order valence-electron chi connectivity index (χ0n) is 10.2. The Labute approximate surface area is 101 Å². The van der Waals surface area contributed by atoms with Crippen LogP contribution in [-0.4, -0.2) is 5.78 Å². The fourth-order valence-corrected chi connectivity index (χ4v) is 3.12. The third kappa shape index (κ3) is 1.30. The lowest BCUT2D eigenvalue weighted by Crippen LogP contribution is -2.43. The smallest absolute Gasteiger partial charge is 0.162 e. The van der Waals surface area contributed by atoms with E-state index in [2.05, 4.69) is 13.5 Å². The standard InChI is InChI=1S/C15H16O2/c1-9-4-5-14(16)15(3)7-13-11(6-12(9)15)10(2)8-17-13/h4-5,8,12H,1,6-7H2,2-3H3/t12-,15+/m0/s1. The third-order valence-corrected chi connectivity index (χ3v) is 4.35. The minimum absolute atomic E-state index is 0.203. The average molecular weight is 228 g/mol. The second-order valence-electron chi connectivity index (χ2n) is 5.44. The van der Waals surface area contributed by atoms with Gasteiger partial charge in [0.1, 0.15) is 5.76 Å². The molecule has 0 aliphatic heterocycles. The Morgan fingerprint density at radius 1 is 1.47 bits per heavy atom. The molecular formula is C15H16O2. The number of aryl methyl sites for hydroxylation is 1. The predicted octanol–water partition coefficient (Wildman–Crippen LogP) is 3.00. The normalized spacial score (nSPS) is 31.3. The van der Waals surface area contributed by atoms with E-state index in [1.165, 1.54) is 11.1 Å². The molecule has 0 aromatic carbocycles. The Balaban J connectivity index is 2.13. The molecule has 2 atom stereocenters. The molecule has 17 heavy (non-hydrogen) atoms. The second-order valence-corrected chi connectivity index (χ2v) is 5.44. The summed E-state index contributed by atoms with van der Waals surface area (Å²) in [7, 11) is 0. The molecule has 88 valence electrons. The number of furan rings is 1. The van der Waals surface area contributed by atoms with Gasteiger partial charge in [-0.15, -0.1) is 0 Å². The Hall–Kier alpha value is -1.57. The number of rotatable bonds is 0. The highest BCUT2D eigenvalue weighted by atomic mass is 16.3. The van der Waals surface area contributed by atoms with Crippen molar-refractivity contribution in [3.05, 3.63) is 47.5 Å². The zero-order valence-corrected chi connectivity index (χ0v) is 10.2. The lowest BCUT2D eigenvalue weighted by atomic mass is 9.60. The molecule has 1 aromatic heterocycles. The van der Waals surface area contributed by atoms with E-state index in [9.17, 15) is 4.79 Å². The third-order valence-electron chi connectivity index (χ3n) is 4.35. The number of allylic oxidation sites excluding steroid dienone is 3. The minimum Gasteiger partial charge on any atom is -0.469 e. The molecule has 2 heteroatoms. The Kier molecular flexibility index (Phi) is 2.00. The van der Waals surface area contributed by atoms with Crippen LogP contribution in [0.15, 0.2) is 35.0 Å². The molecule has 0 saturated heterocycles. The fraction of sp³-hybridized carbons (Fsp3) is 0.400. The first-order chi connectivity index (χ1) is 8.02. The maximum atomic E-state index is 12.1. The summed E-state index contributed by atoms with van der Waals surface area (Å²) >= 11 is 0. The molecule has 0 spiro atoms. The van der Waals surface area contributed by atoms with Gasteiger partial charge < -0.3 is 4.42 Å². The van der Waals surface area contributed by atoms with E-state index in [0.717, 1.165) is 17.8 Å². The van der Waals surface area contributed by atoms with Gasteiger partial charge in [-0.2, -0.15) is 0 Å². The van der Waals surface area contributed by atoms with Crippen LogP contribution in [0.3, 0.4) is 0 Å². The largest absolute Gasteiger partial charge is 0.469 e. The van der Waals surface area contributed by atoms with Gasteiger partial charge in [0.15, 0.2) is 5.78 Å². The van der Waals surface area contributed by atoms with Crippen molar-refractivity contribution in [2.45, 2.75) is 26.7 Å². The quantitative estimate of drug-likeness (QED) is 0.683. The van der Waals surface area contributed by atoms with Crippen molar-refractivity contribution in [2.24, 2.45) is 11.3 Å². The number of fused-ring (bicyclic) bond motifs is 2. The van der Waals surface area contributed by atoms with Gasteiger partial charge in [0.25, 0.3) is 0 Å². The van der Waals surface area contributed by atoms with Crippen LogP contribution in [0.4, 0.5) is 0 Å². The molecular weight excluding hydrogens is 212 g/mol. The van der Waals surface area contributed by atoms with Gasteiger partial charge in [-0.3, -0.25) is 4.79 Å². The topological polar surface area (TPSA) is 30.2 Å². The highest BCUT2D eigenvalue weighted by Gasteiger charge is 2.47. The lowest BCUT2D eigenvalue weighted by Gasteiger charge is -2.41. The van der Waals surface area contributed by atoms with Crippen molar-refractivity contribution in [3.8, 4) is 0 Å². The molecule has 2 aliphatic rings. The van der Waals surface area contributed by atoms with Gasteiger partial charge in [-0.1, -0.05) is 25.2 Å². The summed E-state index contributed by atoms with van der Waals surface area (Å²) in [6, 6.07) is 0. The summed E-state index contributed by atoms with van der Waals surface area (Å²) < 4.78 is 5.58. The van der Waals surface area contributed by atoms with Gasteiger partial charge in [-0.05, 0) is 30.5 Å². The minimum atomic E-state index is -0.358. The molecule has 0 fully saturated rings. The molecule has 3 rings (SSSR count). The molecule has 1 aromatic rings. The van der Waals surface area contributed by atoms with Crippen LogP contribution in [0.5, 0.6) is 0 Å². The van der Waals surface area contributed by atoms with Crippen molar-refractivity contribution in [1.29, 1.82) is 0 Å². The maximum absolute atomic E-state index is 12.1. The van der Waals surface area contributed by atoms with Crippen LogP contribution in [0, 0.1) is 18.3 Å². The van der Waals surface area contributed by atoms with Gasteiger partial charge >= 0.3 is 0 Å². The van der Waals surface area contributed by atoms with E-state index in [1.54, 1.807) is 12.3 Å². The molecule has 2 nitrogen and oxygen atoms in total. The lowest BCUT2D eigenvalue weighted by molar-refractivity contribution is -0.126. The van der Waals surface area contributed by atoms with E-state index < -0.39 is 0 Å². The molecule has 0 unspecified atom stereocenters. The summed E-state index contributed by atoms with van der Waals surface area (Å²) in [6.07, 6.45) is 6.91. The summed E-state index contributed by atoms with van der Waals surface area (Å²) in [5, 5.41) is 0. The second kappa shape index (κ2) is 3.22. The van der Waals surface area contributed by atoms with Crippen LogP contribution in [-0.2, 0) is 17.6 Å². The van der Waals surface area contributed by atoms with Gasteiger partial charge in [0.2, 0.25) is 0 Å². The summed E-state index contributed by atoms with van der Waals surface area (Å²) in [5.41, 5.74) is 3.18. The van der Waals surface area contributed by atoms with E-state index in [0.29, 0.717) is 6.42 Å². The van der Waals surface area contributed by atoms with Crippen LogP contribution >= 0.6 is 0 Å². The summed E-state index contributed by atoms with van der Waals surface area (Å²) in [5.74, 6) is 1.41. The van der Waals surface area contributed by atoms with Gasteiger partial charge in [0.05, 0.1) is 6.26 Å². The van der Waals surface area contributed by atoms with Crippen molar-refractivity contribution < 1.29 is 9.21 Å². The first-order valence-corrected chi connectivity index (χ1v) is 5.99. The van der Waals surface area contributed by atoms with Crippen LogP contribution in [0.25, 0.3) is 0 Å². The first-order valence-electron chi connectivity index (χ1n) is 5.99. The van der Waals surface area contributed by atoms with E-state index in [-0.39, 0.29) is 17.1 Å². The molecule has 0 saturated carbocycles. The van der Waals surface area contributed by atoms with E-state index in [4.69, 9.17) is 4.42 Å². The number of carbonyl (C=O) groups is 1.